The van der Waals surface area contributed by atoms with Gasteiger partial charge in [-0.3, -0.25) is 24.0 Å². The number of hydrogen-bond acceptors (Lipinski definition) is 7. The molecule has 158 valence electrons. The summed E-state index contributed by atoms with van der Waals surface area (Å²) in [4.78, 5) is 41.3. The SMILES string of the molecule is CCCCn1c(N)c(N(Cc2ccco2)C(=O)[C@H]2CCS(=O)(=O)C2)c(=O)[nH]c1=O. The third-order valence-corrected chi connectivity index (χ3v) is 6.73. The predicted octanol–water partition coefficient (Wildman–Crippen LogP) is 0.480. The second-order valence-corrected chi connectivity index (χ2v) is 9.33. The van der Waals surface area contributed by atoms with Crippen molar-refractivity contribution in [2.45, 2.75) is 39.3 Å². The highest BCUT2D eigenvalue weighted by Crippen LogP contribution is 2.27. The summed E-state index contributed by atoms with van der Waals surface area (Å²) in [5.74, 6) is -1.43. The van der Waals surface area contributed by atoms with E-state index in [4.69, 9.17) is 10.2 Å². The maximum atomic E-state index is 13.2. The molecule has 0 aliphatic carbocycles. The number of amides is 1. The number of H-pyrrole nitrogens is 1. The largest absolute Gasteiger partial charge is 0.467 e. The summed E-state index contributed by atoms with van der Waals surface area (Å²) >= 11 is 0. The summed E-state index contributed by atoms with van der Waals surface area (Å²) in [5, 5.41) is 0. The molecule has 1 aliphatic rings. The molecule has 1 aliphatic heterocycles. The van der Waals surface area contributed by atoms with Crippen LogP contribution in [0.1, 0.15) is 31.9 Å². The molecule has 10 nitrogen and oxygen atoms in total. The third-order valence-electron chi connectivity index (χ3n) is 4.96. The van der Waals surface area contributed by atoms with Gasteiger partial charge in [-0.15, -0.1) is 0 Å². The van der Waals surface area contributed by atoms with Crippen LogP contribution >= 0.6 is 0 Å². The highest BCUT2D eigenvalue weighted by molar-refractivity contribution is 7.91. The summed E-state index contributed by atoms with van der Waals surface area (Å²) in [6.07, 6.45) is 3.05. The van der Waals surface area contributed by atoms with Crippen LogP contribution in [0.15, 0.2) is 32.4 Å². The first-order valence-electron chi connectivity index (χ1n) is 9.40. The summed E-state index contributed by atoms with van der Waals surface area (Å²) in [7, 11) is -3.31. The number of nitrogens with two attached hydrogens (primary N) is 1. The molecule has 1 atom stereocenters. The number of aromatic nitrogens is 2. The second-order valence-electron chi connectivity index (χ2n) is 7.10. The molecule has 0 unspecified atom stereocenters. The molecule has 11 heteroatoms. The van der Waals surface area contributed by atoms with Crippen molar-refractivity contribution in [3.8, 4) is 0 Å². The number of hydrogen-bond donors (Lipinski definition) is 2. The van der Waals surface area contributed by atoms with Crippen molar-refractivity contribution in [1.82, 2.24) is 9.55 Å². The van der Waals surface area contributed by atoms with Gasteiger partial charge in [0, 0.05) is 6.54 Å². The molecule has 3 N–H and O–H groups in total. The van der Waals surface area contributed by atoms with Crippen LogP contribution in [-0.2, 0) is 27.7 Å². The first-order chi connectivity index (χ1) is 13.7. The monoisotopic (exact) mass is 424 g/mol. The number of carbonyl (C=O) groups is 1. The zero-order valence-electron chi connectivity index (χ0n) is 16.1. The molecule has 0 bridgehead atoms. The van der Waals surface area contributed by atoms with E-state index in [1.54, 1.807) is 12.1 Å². The minimum atomic E-state index is -3.31. The van der Waals surface area contributed by atoms with Crippen LogP contribution < -0.4 is 21.9 Å². The normalized spacial score (nSPS) is 18.0. The molecule has 0 saturated carbocycles. The Morgan fingerprint density at radius 3 is 2.76 bits per heavy atom. The molecular formula is C18H24N4O6S. The van der Waals surface area contributed by atoms with E-state index in [2.05, 4.69) is 4.98 Å². The summed E-state index contributed by atoms with van der Waals surface area (Å²) in [6.45, 7) is 2.12. The van der Waals surface area contributed by atoms with Gasteiger partial charge in [0.1, 0.15) is 11.6 Å². The van der Waals surface area contributed by atoms with Crippen molar-refractivity contribution in [1.29, 1.82) is 0 Å². The number of rotatable bonds is 7. The van der Waals surface area contributed by atoms with Gasteiger partial charge >= 0.3 is 5.69 Å². The Hall–Kier alpha value is -2.82. The standard InChI is InChI=1S/C18H24N4O6S/c1-2-3-7-21-15(19)14(16(23)20-18(21)25)22(10-13-5-4-8-28-13)17(24)12-6-9-29(26,27)11-12/h4-5,8,12H,2-3,6-7,9-11,19H2,1H3,(H,20,23,25)/t12-/m0/s1. The van der Waals surface area contributed by atoms with Crippen LogP contribution in [0.5, 0.6) is 0 Å². The Morgan fingerprint density at radius 1 is 1.41 bits per heavy atom. The molecule has 0 radical (unpaired) electrons. The smallest absolute Gasteiger partial charge is 0.330 e. The summed E-state index contributed by atoms with van der Waals surface area (Å²) in [6, 6.07) is 3.26. The van der Waals surface area contributed by atoms with Crippen LogP contribution in [-0.4, -0.2) is 35.4 Å². The predicted molar refractivity (Wildman–Crippen MR) is 107 cm³/mol. The molecule has 0 aromatic carbocycles. The lowest BCUT2D eigenvalue weighted by Gasteiger charge is -2.26. The van der Waals surface area contributed by atoms with Gasteiger partial charge in [-0.25, -0.2) is 13.2 Å². The fourth-order valence-corrected chi connectivity index (χ4v) is 5.14. The number of carbonyl (C=O) groups excluding carboxylic acids is 1. The number of furan rings is 1. The molecule has 2 aromatic rings. The first-order valence-corrected chi connectivity index (χ1v) is 11.2. The van der Waals surface area contributed by atoms with E-state index < -0.39 is 32.9 Å². The fraction of sp³-hybridized carbons (Fsp3) is 0.500. The van der Waals surface area contributed by atoms with E-state index in [1.165, 1.54) is 10.8 Å². The van der Waals surface area contributed by atoms with Gasteiger partial charge in [0.2, 0.25) is 5.91 Å². The molecule has 29 heavy (non-hydrogen) atoms. The average molecular weight is 424 g/mol. The Bertz CT molecular complexity index is 1100. The lowest BCUT2D eigenvalue weighted by atomic mass is 10.1. The Labute approximate surface area is 167 Å². The summed E-state index contributed by atoms with van der Waals surface area (Å²) in [5.41, 5.74) is 4.51. The second kappa shape index (κ2) is 8.27. The number of aromatic amines is 1. The van der Waals surface area contributed by atoms with Gasteiger partial charge in [-0.05, 0) is 25.0 Å². The van der Waals surface area contributed by atoms with Gasteiger partial charge < -0.3 is 10.2 Å². The lowest BCUT2D eigenvalue weighted by molar-refractivity contribution is -0.121. The van der Waals surface area contributed by atoms with E-state index >= 15 is 0 Å². The van der Waals surface area contributed by atoms with E-state index in [9.17, 15) is 22.8 Å². The topological polar surface area (TPSA) is 148 Å². The molecular weight excluding hydrogens is 400 g/mol. The zero-order valence-corrected chi connectivity index (χ0v) is 16.9. The molecule has 0 spiro atoms. The number of sulfone groups is 1. The van der Waals surface area contributed by atoms with Crippen molar-refractivity contribution >= 4 is 27.2 Å². The Morgan fingerprint density at radius 2 is 2.17 bits per heavy atom. The van der Waals surface area contributed by atoms with Gasteiger partial charge in [-0.2, -0.15) is 0 Å². The van der Waals surface area contributed by atoms with E-state index in [1.807, 2.05) is 6.92 Å². The highest BCUT2D eigenvalue weighted by Gasteiger charge is 2.37. The third kappa shape index (κ3) is 4.44. The highest BCUT2D eigenvalue weighted by atomic mass is 32.2. The van der Waals surface area contributed by atoms with Crippen LogP contribution in [0, 0.1) is 5.92 Å². The van der Waals surface area contributed by atoms with E-state index in [0.29, 0.717) is 12.2 Å². The number of unbranched alkanes of at least 4 members (excludes halogenated alkanes) is 1. The molecule has 1 fully saturated rings. The minimum absolute atomic E-state index is 0.0835. The number of anilines is 2. The maximum absolute atomic E-state index is 13.2. The minimum Gasteiger partial charge on any atom is -0.467 e. The van der Waals surface area contributed by atoms with E-state index in [0.717, 1.165) is 11.3 Å². The van der Waals surface area contributed by atoms with Gasteiger partial charge in [-0.1, -0.05) is 13.3 Å². The van der Waals surface area contributed by atoms with Gasteiger partial charge in [0.15, 0.2) is 15.5 Å². The maximum Gasteiger partial charge on any atom is 0.330 e. The van der Waals surface area contributed by atoms with Crippen molar-refractivity contribution < 1.29 is 17.6 Å². The lowest BCUT2D eigenvalue weighted by Crippen LogP contribution is -2.43. The van der Waals surface area contributed by atoms with Crippen molar-refractivity contribution in [3.05, 3.63) is 45.0 Å². The molecule has 3 heterocycles. The van der Waals surface area contributed by atoms with Gasteiger partial charge in [0.25, 0.3) is 5.56 Å². The zero-order chi connectivity index (χ0) is 21.2. The van der Waals surface area contributed by atoms with Crippen LogP contribution in [0.4, 0.5) is 11.5 Å². The van der Waals surface area contributed by atoms with Crippen molar-refractivity contribution in [3.63, 3.8) is 0 Å². The summed E-state index contributed by atoms with van der Waals surface area (Å²) < 4.78 is 30.2. The quantitative estimate of drug-likeness (QED) is 0.656. The number of nitrogen functional groups attached to an aromatic ring is 1. The average Bonchev–Trinajstić information content (AvgIpc) is 3.29. The molecule has 1 amide bonds. The van der Waals surface area contributed by atoms with Crippen molar-refractivity contribution in [2.75, 3.05) is 22.1 Å². The fourth-order valence-electron chi connectivity index (χ4n) is 3.41. The number of nitrogens with zero attached hydrogens (tertiary/aromatic N) is 2. The van der Waals surface area contributed by atoms with Crippen LogP contribution in [0.2, 0.25) is 0 Å². The van der Waals surface area contributed by atoms with Gasteiger partial charge in [0.05, 0.1) is 30.2 Å². The van der Waals surface area contributed by atoms with Crippen LogP contribution in [0.25, 0.3) is 0 Å². The molecule has 2 aromatic heterocycles. The molecule has 3 rings (SSSR count). The number of nitrogens with one attached hydrogen (secondary N) is 1. The van der Waals surface area contributed by atoms with Crippen LogP contribution in [0.3, 0.4) is 0 Å². The molecule has 1 saturated heterocycles. The van der Waals surface area contributed by atoms with E-state index in [-0.39, 0.29) is 42.5 Å². The van der Waals surface area contributed by atoms with Crippen molar-refractivity contribution in [2.24, 2.45) is 5.92 Å². The Kier molecular flexibility index (Phi) is 5.96. The Balaban J connectivity index is 2.08. The first kappa shape index (κ1) is 20.9.